The lowest BCUT2D eigenvalue weighted by atomic mass is 10.4. The number of esters is 1. The zero-order chi connectivity index (χ0) is 9.68. The Morgan fingerprint density at radius 3 is 2.85 bits per heavy atom. The summed E-state index contributed by atoms with van der Waals surface area (Å²) in [5.74, 6) is -0.282. The fourth-order valence-electron chi connectivity index (χ4n) is 0.793. The third-order valence-electron chi connectivity index (χ3n) is 1.46. The molecule has 13 heavy (non-hydrogen) atoms. The monoisotopic (exact) mass is 197 g/mol. The van der Waals surface area contributed by atoms with E-state index in [0.29, 0.717) is 0 Å². The summed E-state index contributed by atoms with van der Waals surface area (Å²) in [6, 6.07) is 3.81. The van der Waals surface area contributed by atoms with Crippen molar-refractivity contribution in [1.82, 2.24) is 4.98 Å². The van der Waals surface area contributed by atoms with Crippen LogP contribution < -0.4 is 0 Å². The molecule has 0 aromatic carbocycles. The number of hydrogen-bond donors (Lipinski definition) is 0. The van der Waals surface area contributed by atoms with Crippen molar-refractivity contribution in [2.75, 3.05) is 6.26 Å². The predicted octanol–water partition coefficient (Wildman–Crippen LogP) is 1.87. The Labute approximate surface area is 81.5 Å². The summed E-state index contributed by atoms with van der Waals surface area (Å²) in [5.41, 5.74) is 0.771. The van der Waals surface area contributed by atoms with Crippen LogP contribution in [0.5, 0.6) is 0 Å². The van der Waals surface area contributed by atoms with Crippen molar-refractivity contribution < 1.29 is 9.53 Å². The van der Waals surface area contributed by atoms with Crippen molar-refractivity contribution in [3.8, 4) is 0 Å². The highest BCUT2D eigenvalue weighted by Gasteiger charge is 1.97. The smallest absolute Gasteiger partial charge is 0.303 e. The number of hydrogen-bond acceptors (Lipinski definition) is 4. The second-order valence-corrected chi connectivity index (χ2v) is 3.35. The summed E-state index contributed by atoms with van der Waals surface area (Å²) in [5, 5.41) is 0. The Morgan fingerprint density at radius 2 is 2.38 bits per heavy atom. The molecular weight excluding hydrogens is 186 g/mol. The van der Waals surface area contributed by atoms with Crippen LogP contribution in [0.1, 0.15) is 12.6 Å². The Balaban J connectivity index is 2.54. The summed E-state index contributed by atoms with van der Waals surface area (Å²) >= 11 is 1.63. The third kappa shape index (κ3) is 3.46. The Morgan fingerprint density at radius 1 is 1.62 bits per heavy atom. The van der Waals surface area contributed by atoms with Crippen LogP contribution in [0.25, 0.3) is 0 Å². The minimum Gasteiger partial charge on any atom is -0.459 e. The van der Waals surface area contributed by atoms with Crippen LogP contribution >= 0.6 is 11.8 Å². The zero-order valence-electron chi connectivity index (χ0n) is 7.61. The van der Waals surface area contributed by atoms with Gasteiger partial charge in [-0.05, 0) is 18.4 Å². The van der Waals surface area contributed by atoms with Gasteiger partial charge < -0.3 is 4.74 Å². The molecule has 1 aromatic heterocycles. The lowest BCUT2D eigenvalue weighted by Crippen LogP contribution is -2.00. The molecule has 0 spiro atoms. The van der Waals surface area contributed by atoms with Gasteiger partial charge in [0, 0.05) is 18.0 Å². The highest BCUT2D eigenvalue weighted by molar-refractivity contribution is 7.98. The standard InChI is InChI=1S/C9H11NO2S/c1-7(11)12-6-8-3-4-9(13-2)5-10-8/h3-5H,6H2,1-2H3. The molecule has 0 saturated heterocycles. The molecule has 0 aliphatic rings. The molecule has 0 radical (unpaired) electrons. The predicted molar refractivity (Wildman–Crippen MR) is 51.5 cm³/mol. The number of carbonyl (C=O) groups is 1. The quantitative estimate of drug-likeness (QED) is 0.547. The molecule has 4 heteroatoms. The molecule has 0 atom stereocenters. The maximum Gasteiger partial charge on any atom is 0.303 e. The first kappa shape index (κ1) is 10.1. The van der Waals surface area contributed by atoms with Crippen molar-refractivity contribution in [3.05, 3.63) is 24.0 Å². The van der Waals surface area contributed by atoms with Gasteiger partial charge in [-0.1, -0.05) is 0 Å². The van der Waals surface area contributed by atoms with Gasteiger partial charge in [-0.25, -0.2) is 0 Å². The Hall–Kier alpha value is -1.03. The van der Waals surface area contributed by atoms with Gasteiger partial charge in [0.05, 0.1) is 5.69 Å². The van der Waals surface area contributed by atoms with Crippen molar-refractivity contribution in [2.24, 2.45) is 0 Å². The van der Waals surface area contributed by atoms with Crippen LogP contribution in [0.4, 0.5) is 0 Å². The molecule has 70 valence electrons. The average Bonchev–Trinajstić information content (AvgIpc) is 2.15. The lowest BCUT2D eigenvalue weighted by Gasteiger charge is -2.01. The maximum atomic E-state index is 10.5. The minimum atomic E-state index is -0.282. The van der Waals surface area contributed by atoms with Crippen LogP contribution in [0.2, 0.25) is 0 Å². The third-order valence-corrected chi connectivity index (χ3v) is 2.17. The molecular formula is C9H11NO2S. The number of rotatable bonds is 3. The minimum absolute atomic E-state index is 0.254. The molecule has 0 fully saturated rings. The van der Waals surface area contributed by atoms with E-state index in [0.717, 1.165) is 10.6 Å². The number of carbonyl (C=O) groups excluding carboxylic acids is 1. The summed E-state index contributed by atoms with van der Waals surface area (Å²) in [4.78, 5) is 15.7. The van der Waals surface area contributed by atoms with E-state index in [4.69, 9.17) is 4.74 Å². The number of thioether (sulfide) groups is 1. The largest absolute Gasteiger partial charge is 0.459 e. The van der Waals surface area contributed by atoms with E-state index in [1.165, 1.54) is 6.92 Å². The van der Waals surface area contributed by atoms with E-state index >= 15 is 0 Å². The first-order valence-corrected chi connectivity index (χ1v) is 5.07. The summed E-state index contributed by atoms with van der Waals surface area (Å²) < 4.78 is 4.79. The molecule has 3 nitrogen and oxygen atoms in total. The fraction of sp³-hybridized carbons (Fsp3) is 0.333. The highest BCUT2D eigenvalue weighted by Crippen LogP contribution is 2.12. The molecule has 0 bridgehead atoms. The zero-order valence-corrected chi connectivity index (χ0v) is 8.43. The molecule has 1 heterocycles. The topological polar surface area (TPSA) is 39.2 Å². The molecule has 0 aliphatic heterocycles. The van der Waals surface area contributed by atoms with Crippen molar-refractivity contribution in [2.45, 2.75) is 18.4 Å². The first-order chi connectivity index (χ1) is 6.22. The number of aromatic nitrogens is 1. The van der Waals surface area contributed by atoms with E-state index in [1.807, 2.05) is 18.4 Å². The number of pyridine rings is 1. The Kier molecular flexibility index (Phi) is 3.76. The fourth-order valence-corrected chi connectivity index (χ4v) is 1.15. The molecule has 0 saturated carbocycles. The van der Waals surface area contributed by atoms with E-state index in [-0.39, 0.29) is 12.6 Å². The van der Waals surface area contributed by atoms with E-state index in [1.54, 1.807) is 18.0 Å². The van der Waals surface area contributed by atoms with E-state index < -0.39 is 0 Å². The van der Waals surface area contributed by atoms with Gasteiger partial charge in [-0.3, -0.25) is 9.78 Å². The second-order valence-electron chi connectivity index (χ2n) is 2.47. The molecule has 1 aromatic rings. The first-order valence-electron chi connectivity index (χ1n) is 3.84. The van der Waals surface area contributed by atoms with Gasteiger partial charge in [0.15, 0.2) is 0 Å². The molecule has 0 N–H and O–H groups in total. The van der Waals surface area contributed by atoms with Gasteiger partial charge in [0.2, 0.25) is 0 Å². The number of ether oxygens (including phenoxy) is 1. The van der Waals surface area contributed by atoms with Gasteiger partial charge in [-0.2, -0.15) is 0 Å². The van der Waals surface area contributed by atoms with E-state index in [9.17, 15) is 4.79 Å². The van der Waals surface area contributed by atoms with Gasteiger partial charge in [-0.15, -0.1) is 11.8 Å². The Bertz CT molecular complexity index is 284. The van der Waals surface area contributed by atoms with Crippen LogP contribution in [0, 0.1) is 0 Å². The molecule has 0 unspecified atom stereocenters. The van der Waals surface area contributed by atoms with Gasteiger partial charge in [0.25, 0.3) is 0 Å². The van der Waals surface area contributed by atoms with Crippen molar-refractivity contribution in [1.29, 1.82) is 0 Å². The van der Waals surface area contributed by atoms with Crippen molar-refractivity contribution in [3.63, 3.8) is 0 Å². The van der Waals surface area contributed by atoms with Crippen LogP contribution in [0.15, 0.2) is 23.2 Å². The normalized spacial score (nSPS) is 9.69. The van der Waals surface area contributed by atoms with Gasteiger partial charge in [0.1, 0.15) is 6.61 Å². The summed E-state index contributed by atoms with van der Waals surface area (Å²) in [6.07, 6.45) is 3.76. The molecule has 0 aliphatic carbocycles. The second kappa shape index (κ2) is 4.87. The van der Waals surface area contributed by atoms with Gasteiger partial charge >= 0.3 is 5.97 Å². The van der Waals surface area contributed by atoms with Crippen molar-refractivity contribution >= 4 is 17.7 Å². The number of nitrogens with zero attached hydrogens (tertiary/aromatic N) is 1. The van der Waals surface area contributed by atoms with Crippen LogP contribution in [-0.2, 0) is 16.1 Å². The summed E-state index contributed by atoms with van der Waals surface area (Å²) in [6.45, 7) is 1.64. The molecule has 0 amide bonds. The summed E-state index contributed by atoms with van der Waals surface area (Å²) in [7, 11) is 0. The van der Waals surface area contributed by atoms with Crippen LogP contribution in [0.3, 0.4) is 0 Å². The van der Waals surface area contributed by atoms with E-state index in [2.05, 4.69) is 4.98 Å². The molecule has 1 rings (SSSR count). The lowest BCUT2D eigenvalue weighted by molar-refractivity contribution is -0.142. The highest BCUT2D eigenvalue weighted by atomic mass is 32.2. The average molecular weight is 197 g/mol. The maximum absolute atomic E-state index is 10.5. The van der Waals surface area contributed by atoms with Crippen LogP contribution in [-0.4, -0.2) is 17.2 Å². The SMILES string of the molecule is CSc1ccc(COC(C)=O)nc1.